The zero-order chi connectivity index (χ0) is 17.0. The largest absolute Gasteiger partial charge is 0.481 e. The highest BCUT2D eigenvalue weighted by Gasteiger charge is 2.27. The average Bonchev–Trinajstić information content (AvgIpc) is 2.33. The van der Waals surface area contributed by atoms with E-state index in [4.69, 9.17) is 9.84 Å². The van der Waals surface area contributed by atoms with Crippen LogP contribution in [0.1, 0.15) is 47.5 Å². The lowest BCUT2D eigenvalue weighted by Gasteiger charge is -2.36. The molecule has 6 heteroatoms. The molecule has 0 radical (unpaired) electrons. The first-order chi connectivity index (χ1) is 9.98. The predicted molar refractivity (Wildman–Crippen MR) is 84.9 cm³/mol. The van der Waals surface area contributed by atoms with Gasteiger partial charge in [0.2, 0.25) is 0 Å². The maximum atomic E-state index is 12.0. The zero-order valence-electron chi connectivity index (χ0n) is 14.5. The molecule has 0 unspecified atom stereocenters. The first kappa shape index (κ1) is 18.7. The van der Waals surface area contributed by atoms with Crippen molar-refractivity contribution in [1.29, 1.82) is 0 Å². The van der Waals surface area contributed by atoms with Gasteiger partial charge in [-0.2, -0.15) is 0 Å². The third-order valence-corrected chi connectivity index (χ3v) is 3.76. The minimum atomic E-state index is -0.750. The number of rotatable bonds is 5. The number of carboxylic acids is 1. The second-order valence-electron chi connectivity index (χ2n) is 7.79. The SMILES string of the molecule is CC(C)(CCN1CCN(C(=O)OC(C)(C)C)CC1)CC(=O)O. The van der Waals surface area contributed by atoms with Crippen molar-refractivity contribution in [3.05, 3.63) is 0 Å². The molecule has 1 rings (SSSR count). The molecular formula is C16H30N2O4. The predicted octanol–water partition coefficient (Wildman–Crippen LogP) is 2.43. The van der Waals surface area contributed by atoms with Gasteiger partial charge in [0, 0.05) is 26.2 Å². The number of carbonyl (C=O) groups is 2. The number of hydrogen-bond acceptors (Lipinski definition) is 4. The summed E-state index contributed by atoms with van der Waals surface area (Å²) in [7, 11) is 0. The van der Waals surface area contributed by atoms with Crippen molar-refractivity contribution < 1.29 is 19.4 Å². The van der Waals surface area contributed by atoms with E-state index in [1.54, 1.807) is 4.90 Å². The number of hydrogen-bond donors (Lipinski definition) is 1. The first-order valence-electron chi connectivity index (χ1n) is 7.91. The molecule has 1 saturated heterocycles. The van der Waals surface area contributed by atoms with Gasteiger partial charge >= 0.3 is 12.1 Å². The van der Waals surface area contributed by atoms with Crippen LogP contribution in [0, 0.1) is 5.41 Å². The fourth-order valence-corrected chi connectivity index (χ4v) is 2.44. The normalized spacial score (nSPS) is 17.4. The van der Waals surface area contributed by atoms with Crippen LogP contribution < -0.4 is 0 Å². The fraction of sp³-hybridized carbons (Fsp3) is 0.875. The molecule has 0 spiro atoms. The van der Waals surface area contributed by atoms with Gasteiger partial charge in [-0.1, -0.05) is 13.8 Å². The Balaban J connectivity index is 2.34. The van der Waals surface area contributed by atoms with E-state index in [0.717, 1.165) is 26.1 Å². The Morgan fingerprint density at radius 1 is 1.05 bits per heavy atom. The summed E-state index contributed by atoms with van der Waals surface area (Å²) in [6.07, 6.45) is 0.773. The summed E-state index contributed by atoms with van der Waals surface area (Å²) < 4.78 is 5.37. The van der Waals surface area contributed by atoms with Gasteiger partial charge < -0.3 is 14.7 Å². The molecule has 128 valence electrons. The van der Waals surface area contributed by atoms with E-state index in [1.165, 1.54) is 0 Å². The molecule has 22 heavy (non-hydrogen) atoms. The lowest BCUT2D eigenvalue weighted by molar-refractivity contribution is -0.139. The van der Waals surface area contributed by atoms with Crippen molar-refractivity contribution >= 4 is 12.1 Å². The van der Waals surface area contributed by atoms with Gasteiger partial charge in [0.25, 0.3) is 0 Å². The number of carbonyl (C=O) groups excluding carboxylic acids is 1. The summed E-state index contributed by atoms with van der Waals surface area (Å²) in [4.78, 5) is 26.8. The van der Waals surface area contributed by atoms with Crippen LogP contribution in [-0.4, -0.2) is 65.3 Å². The Hall–Kier alpha value is -1.30. The van der Waals surface area contributed by atoms with Crippen LogP contribution in [0.2, 0.25) is 0 Å². The van der Waals surface area contributed by atoms with Crippen molar-refractivity contribution in [2.75, 3.05) is 32.7 Å². The Morgan fingerprint density at radius 2 is 1.59 bits per heavy atom. The third-order valence-electron chi connectivity index (χ3n) is 3.76. The maximum absolute atomic E-state index is 12.0. The lowest BCUT2D eigenvalue weighted by atomic mass is 9.85. The van der Waals surface area contributed by atoms with Crippen molar-refractivity contribution in [2.45, 2.75) is 53.1 Å². The van der Waals surface area contributed by atoms with Crippen molar-refractivity contribution in [1.82, 2.24) is 9.80 Å². The summed E-state index contributed by atoms with van der Waals surface area (Å²) >= 11 is 0. The van der Waals surface area contributed by atoms with Gasteiger partial charge in [-0.3, -0.25) is 9.69 Å². The van der Waals surface area contributed by atoms with E-state index < -0.39 is 11.6 Å². The second kappa shape index (κ2) is 7.31. The summed E-state index contributed by atoms with van der Waals surface area (Å²) in [6.45, 7) is 13.4. The number of aliphatic carboxylic acids is 1. The van der Waals surface area contributed by atoms with Gasteiger partial charge in [0.15, 0.2) is 0 Å². The van der Waals surface area contributed by atoms with Gasteiger partial charge in [0.1, 0.15) is 5.60 Å². The summed E-state index contributed by atoms with van der Waals surface area (Å²) in [5.74, 6) is -0.750. The highest BCUT2D eigenvalue weighted by atomic mass is 16.6. The molecule has 1 fully saturated rings. The highest BCUT2D eigenvalue weighted by molar-refractivity contribution is 5.68. The zero-order valence-corrected chi connectivity index (χ0v) is 14.5. The minimum Gasteiger partial charge on any atom is -0.481 e. The average molecular weight is 314 g/mol. The molecule has 0 aromatic rings. The molecule has 1 aliphatic heterocycles. The monoisotopic (exact) mass is 314 g/mol. The van der Waals surface area contributed by atoms with Gasteiger partial charge in [-0.15, -0.1) is 0 Å². The molecule has 1 aliphatic rings. The molecule has 0 bridgehead atoms. The van der Waals surface area contributed by atoms with E-state index in [1.807, 2.05) is 34.6 Å². The van der Waals surface area contributed by atoms with Crippen LogP contribution in [-0.2, 0) is 9.53 Å². The third kappa shape index (κ3) is 7.11. The van der Waals surface area contributed by atoms with Crippen molar-refractivity contribution in [2.24, 2.45) is 5.41 Å². The molecule has 6 nitrogen and oxygen atoms in total. The maximum Gasteiger partial charge on any atom is 0.410 e. The molecule has 1 heterocycles. The van der Waals surface area contributed by atoms with E-state index in [0.29, 0.717) is 13.1 Å². The molecule has 0 aromatic heterocycles. The van der Waals surface area contributed by atoms with E-state index in [9.17, 15) is 9.59 Å². The summed E-state index contributed by atoms with van der Waals surface area (Å²) in [5, 5.41) is 8.90. The van der Waals surface area contributed by atoms with E-state index in [-0.39, 0.29) is 17.9 Å². The van der Waals surface area contributed by atoms with Crippen LogP contribution in [0.3, 0.4) is 0 Å². The van der Waals surface area contributed by atoms with Crippen LogP contribution in [0.4, 0.5) is 4.79 Å². The minimum absolute atomic E-state index is 0.185. The van der Waals surface area contributed by atoms with E-state index >= 15 is 0 Å². The van der Waals surface area contributed by atoms with Gasteiger partial charge in [-0.05, 0) is 39.2 Å². The molecule has 0 aromatic carbocycles. The quantitative estimate of drug-likeness (QED) is 0.844. The highest BCUT2D eigenvalue weighted by Crippen LogP contribution is 2.25. The summed E-state index contributed by atoms with van der Waals surface area (Å²) in [6, 6.07) is 0. The molecular weight excluding hydrogens is 284 g/mol. The van der Waals surface area contributed by atoms with Crippen molar-refractivity contribution in [3.63, 3.8) is 0 Å². The van der Waals surface area contributed by atoms with Crippen LogP contribution in [0.15, 0.2) is 0 Å². The molecule has 1 amide bonds. The van der Waals surface area contributed by atoms with Crippen LogP contribution in [0.5, 0.6) is 0 Å². The molecule has 0 atom stereocenters. The molecule has 0 saturated carbocycles. The number of amides is 1. The number of piperazine rings is 1. The van der Waals surface area contributed by atoms with Gasteiger partial charge in [0.05, 0.1) is 6.42 Å². The first-order valence-corrected chi connectivity index (χ1v) is 7.91. The summed E-state index contributed by atoms with van der Waals surface area (Å²) in [5.41, 5.74) is -0.663. The number of ether oxygens (including phenoxy) is 1. The van der Waals surface area contributed by atoms with Crippen molar-refractivity contribution in [3.8, 4) is 0 Å². The molecule has 0 aliphatic carbocycles. The van der Waals surface area contributed by atoms with Crippen LogP contribution in [0.25, 0.3) is 0 Å². The Labute approximate surface area is 133 Å². The van der Waals surface area contributed by atoms with Gasteiger partial charge in [-0.25, -0.2) is 4.79 Å². The van der Waals surface area contributed by atoms with Crippen LogP contribution >= 0.6 is 0 Å². The number of nitrogens with zero attached hydrogens (tertiary/aromatic N) is 2. The standard InChI is InChI=1S/C16H30N2O4/c1-15(2,3)22-14(21)18-10-8-17(9-11-18)7-6-16(4,5)12-13(19)20/h6-12H2,1-5H3,(H,19,20). The van der Waals surface area contributed by atoms with E-state index in [2.05, 4.69) is 4.90 Å². The second-order valence-corrected chi connectivity index (χ2v) is 7.79. The molecule has 1 N–H and O–H groups in total. The topological polar surface area (TPSA) is 70.1 Å². The number of carboxylic acid groups (broad SMARTS) is 1. The smallest absolute Gasteiger partial charge is 0.410 e. The fourth-order valence-electron chi connectivity index (χ4n) is 2.44. The Bertz CT molecular complexity index is 393. The Kier molecular flexibility index (Phi) is 6.23. The lowest BCUT2D eigenvalue weighted by Crippen LogP contribution is -2.50. The Morgan fingerprint density at radius 3 is 2.05 bits per heavy atom.